The van der Waals surface area contributed by atoms with Gasteiger partial charge in [0, 0.05) is 12.1 Å². The molecule has 18 heavy (non-hydrogen) atoms. The second kappa shape index (κ2) is 5.14. The molecule has 2 N–H and O–H groups in total. The first kappa shape index (κ1) is 12.5. The van der Waals surface area contributed by atoms with Crippen molar-refractivity contribution < 1.29 is 13.5 Å². The molecule has 2 rings (SSSR count). The van der Waals surface area contributed by atoms with Crippen LogP contribution in [0.4, 0.5) is 8.78 Å². The maximum Gasteiger partial charge on any atom is 0.167 e. The average Bonchev–Trinajstić information content (AvgIpc) is 2.36. The molecule has 0 aliphatic rings. The van der Waals surface area contributed by atoms with E-state index in [9.17, 15) is 8.78 Å². The van der Waals surface area contributed by atoms with Crippen molar-refractivity contribution in [3.05, 3.63) is 59.2 Å². The molecule has 2 nitrogen and oxygen atoms in total. The van der Waals surface area contributed by atoms with Crippen LogP contribution in [0.1, 0.15) is 11.1 Å². The van der Waals surface area contributed by atoms with Crippen LogP contribution in [-0.4, -0.2) is 0 Å². The number of hydrogen-bond acceptors (Lipinski definition) is 2. The molecule has 94 valence electrons. The highest BCUT2D eigenvalue weighted by atomic mass is 19.1. The lowest BCUT2D eigenvalue weighted by molar-refractivity contribution is 0.409. The zero-order valence-electron chi connectivity index (χ0n) is 9.91. The van der Waals surface area contributed by atoms with Gasteiger partial charge < -0.3 is 10.5 Å². The summed E-state index contributed by atoms with van der Waals surface area (Å²) in [5, 5.41) is 0. The quantitative estimate of drug-likeness (QED) is 0.903. The van der Waals surface area contributed by atoms with E-state index in [1.165, 1.54) is 24.3 Å². The van der Waals surface area contributed by atoms with Crippen LogP contribution in [-0.2, 0) is 6.54 Å². The Balaban J connectivity index is 2.42. The van der Waals surface area contributed by atoms with Gasteiger partial charge in [-0.3, -0.25) is 0 Å². The van der Waals surface area contributed by atoms with Crippen LogP contribution in [0.15, 0.2) is 36.4 Å². The van der Waals surface area contributed by atoms with Gasteiger partial charge in [0.15, 0.2) is 23.1 Å². The Labute approximate surface area is 104 Å². The highest BCUT2D eigenvalue weighted by molar-refractivity contribution is 5.40. The third kappa shape index (κ3) is 2.49. The molecule has 0 unspecified atom stereocenters. The molecule has 4 heteroatoms. The highest BCUT2D eigenvalue weighted by Gasteiger charge is 2.12. The topological polar surface area (TPSA) is 35.2 Å². The minimum absolute atomic E-state index is 0.00481. The van der Waals surface area contributed by atoms with Crippen molar-refractivity contribution >= 4 is 0 Å². The van der Waals surface area contributed by atoms with E-state index < -0.39 is 11.6 Å². The van der Waals surface area contributed by atoms with Gasteiger partial charge >= 0.3 is 0 Å². The largest absolute Gasteiger partial charge is 0.451 e. The summed E-state index contributed by atoms with van der Waals surface area (Å²) in [4.78, 5) is 0. The Morgan fingerprint density at radius 3 is 2.61 bits per heavy atom. The van der Waals surface area contributed by atoms with Gasteiger partial charge in [-0.15, -0.1) is 0 Å². The van der Waals surface area contributed by atoms with Crippen molar-refractivity contribution in [2.24, 2.45) is 5.73 Å². The number of rotatable bonds is 3. The fourth-order valence-corrected chi connectivity index (χ4v) is 1.63. The molecule has 0 bridgehead atoms. The van der Waals surface area contributed by atoms with Crippen LogP contribution < -0.4 is 10.5 Å². The third-order valence-electron chi connectivity index (χ3n) is 2.57. The number of nitrogens with two attached hydrogens (primary N) is 1. The molecule has 0 saturated carbocycles. The fraction of sp³-hybridized carbons (Fsp3) is 0.143. The van der Waals surface area contributed by atoms with Crippen molar-refractivity contribution in [1.29, 1.82) is 0 Å². The number of para-hydroxylation sites is 1. The first-order valence-electron chi connectivity index (χ1n) is 5.53. The lowest BCUT2D eigenvalue weighted by Crippen LogP contribution is -2.02. The summed E-state index contributed by atoms with van der Waals surface area (Å²) in [5.74, 6) is -1.12. The van der Waals surface area contributed by atoms with Gasteiger partial charge in [0.1, 0.15) is 0 Å². The first-order valence-corrected chi connectivity index (χ1v) is 5.53. The number of benzene rings is 2. The second-order valence-corrected chi connectivity index (χ2v) is 3.97. The number of aryl methyl sites for hydroxylation is 1. The Kier molecular flexibility index (Phi) is 3.58. The van der Waals surface area contributed by atoms with Crippen LogP contribution in [0.3, 0.4) is 0 Å². The van der Waals surface area contributed by atoms with Crippen LogP contribution in [0.2, 0.25) is 0 Å². The van der Waals surface area contributed by atoms with E-state index in [4.69, 9.17) is 10.5 Å². The van der Waals surface area contributed by atoms with Crippen molar-refractivity contribution in [3.63, 3.8) is 0 Å². The molecule has 0 radical (unpaired) electrons. The molecule has 0 amide bonds. The van der Waals surface area contributed by atoms with Gasteiger partial charge in [0.2, 0.25) is 0 Å². The standard InChI is InChI=1S/C14H13F2NO/c1-9-5-6-11(15)13(7-9)18-14-10(8-17)3-2-4-12(14)16/h2-7H,8,17H2,1H3. The molecule has 0 spiro atoms. The third-order valence-corrected chi connectivity index (χ3v) is 2.57. The zero-order valence-corrected chi connectivity index (χ0v) is 9.91. The van der Waals surface area contributed by atoms with Crippen LogP contribution >= 0.6 is 0 Å². The van der Waals surface area contributed by atoms with Gasteiger partial charge in [-0.25, -0.2) is 8.78 Å². The smallest absolute Gasteiger partial charge is 0.167 e. The molecule has 0 aliphatic carbocycles. The number of halogens is 2. The Morgan fingerprint density at radius 2 is 1.89 bits per heavy atom. The molecule has 2 aromatic rings. The summed E-state index contributed by atoms with van der Waals surface area (Å²) < 4.78 is 32.5. The van der Waals surface area contributed by atoms with E-state index in [1.807, 2.05) is 0 Å². The van der Waals surface area contributed by atoms with E-state index >= 15 is 0 Å². The van der Waals surface area contributed by atoms with E-state index in [0.29, 0.717) is 5.56 Å². The molecule has 0 atom stereocenters. The van der Waals surface area contributed by atoms with Gasteiger partial charge in [0.05, 0.1) is 0 Å². The van der Waals surface area contributed by atoms with Crippen LogP contribution in [0.25, 0.3) is 0 Å². The first-order chi connectivity index (χ1) is 8.61. The fourth-order valence-electron chi connectivity index (χ4n) is 1.63. The van der Waals surface area contributed by atoms with Crippen molar-refractivity contribution in [2.75, 3.05) is 0 Å². The van der Waals surface area contributed by atoms with E-state index in [-0.39, 0.29) is 18.0 Å². The van der Waals surface area contributed by atoms with E-state index in [0.717, 1.165) is 5.56 Å². The van der Waals surface area contributed by atoms with Crippen molar-refractivity contribution in [2.45, 2.75) is 13.5 Å². The van der Waals surface area contributed by atoms with Crippen LogP contribution in [0.5, 0.6) is 11.5 Å². The zero-order chi connectivity index (χ0) is 13.1. The summed E-state index contributed by atoms with van der Waals surface area (Å²) in [7, 11) is 0. The summed E-state index contributed by atoms with van der Waals surface area (Å²) in [6.45, 7) is 1.93. The second-order valence-electron chi connectivity index (χ2n) is 3.97. The lowest BCUT2D eigenvalue weighted by Gasteiger charge is -2.12. The normalized spacial score (nSPS) is 10.4. The Hall–Kier alpha value is -1.94. The monoisotopic (exact) mass is 249 g/mol. The van der Waals surface area contributed by atoms with Crippen molar-refractivity contribution in [1.82, 2.24) is 0 Å². The summed E-state index contributed by atoms with van der Waals surface area (Å²) >= 11 is 0. The molecule has 0 saturated heterocycles. The summed E-state index contributed by atoms with van der Waals surface area (Å²) in [6, 6.07) is 8.86. The minimum Gasteiger partial charge on any atom is -0.451 e. The molecular formula is C14H13F2NO. The predicted octanol–water partition coefficient (Wildman–Crippen LogP) is 3.52. The minimum atomic E-state index is -0.557. The molecule has 0 aromatic heterocycles. The molecule has 0 heterocycles. The van der Waals surface area contributed by atoms with E-state index in [2.05, 4.69) is 0 Å². The maximum atomic E-state index is 13.7. The van der Waals surface area contributed by atoms with Crippen molar-refractivity contribution in [3.8, 4) is 11.5 Å². The SMILES string of the molecule is Cc1ccc(F)c(Oc2c(F)cccc2CN)c1. The molecule has 0 fully saturated rings. The van der Waals surface area contributed by atoms with Gasteiger partial charge in [0.25, 0.3) is 0 Å². The molecule has 0 aliphatic heterocycles. The average molecular weight is 249 g/mol. The van der Waals surface area contributed by atoms with E-state index in [1.54, 1.807) is 19.1 Å². The highest BCUT2D eigenvalue weighted by Crippen LogP contribution is 2.30. The van der Waals surface area contributed by atoms with Gasteiger partial charge in [-0.2, -0.15) is 0 Å². The summed E-state index contributed by atoms with van der Waals surface area (Å²) in [5.41, 5.74) is 6.83. The lowest BCUT2D eigenvalue weighted by atomic mass is 10.2. The van der Waals surface area contributed by atoms with Gasteiger partial charge in [-0.05, 0) is 30.7 Å². The Morgan fingerprint density at radius 1 is 1.11 bits per heavy atom. The Bertz CT molecular complexity index is 570. The number of hydrogen-bond donors (Lipinski definition) is 1. The summed E-state index contributed by atoms with van der Waals surface area (Å²) in [6.07, 6.45) is 0. The van der Waals surface area contributed by atoms with Gasteiger partial charge in [-0.1, -0.05) is 18.2 Å². The van der Waals surface area contributed by atoms with Crippen LogP contribution in [0, 0.1) is 18.6 Å². The molecular weight excluding hydrogens is 236 g/mol. The number of ether oxygens (including phenoxy) is 1. The maximum absolute atomic E-state index is 13.7. The predicted molar refractivity (Wildman–Crippen MR) is 65.5 cm³/mol. The molecule has 2 aromatic carbocycles.